The summed E-state index contributed by atoms with van der Waals surface area (Å²) in [5.41, 5.74) is -0.705. The average Bonchev–Trinajstić information content (AvgIpc) is 2.27. The molecule has 1 aliphatic rings. The molecule has 0 bridgehead atoms. The zero-order valence-electron chi connectivity index (χ0n) is 10.3. The normalized spacial score (nSPS) is 30.2. The van der Waals surface area contributed by atoms with Crippen LogP contribution in [0.3, 0.4) is 0 Å². The smallest absolute Gasteiger partial charge is 0.323 e. The van der Waals surface area contributed by atoms with E-state index < -0.39 is 11.5 Å². The first-order valence-corrected chi connectivity index (χ1v) is 6.17. The molecule has 0 radical (unpaired) electrons. The Labute approximate surface area is 97.4 Å². The molecule has 0 aromatic rings. The Kier molecular flexibility index (Phi) is 5.22. The molecular weight excluding hydrogens is 206 g/mol. The van der Waals surface area contributed by atoms with Gasteiger partial charge >= 0.3 is 5.97 Å². The summed E-state index contributed by atoms with van der Waals surface area (Å²) < 4.78 is 5.21. The van der Waals surface area contributed by atoms with Gasteiger partial charge in [-0.1, -0.05) is 6.92 Å². The summed E-state index contributed by atoms with van der Waals surface area (Å²) in [6.07, 6.45) is 3.45. The molecule has 16 heavy (non-hydrogen) atoms. The third-order valence-electron chi connectivity index (χ3n) is 3.45. The molecular formula is C12H23NO3. The van der Waals surface area contributed by atoms with Gasteiger partial charge in [0.2, 0.25) is 0 Å². The van der Waals surface area contributed by atoms with Crippen LogP contribution in [0.2, 0.25) is 0 Å². The molecule has 1 rings (SSSR count). The Morgan fingerprint density at radius 1 is 1.50 bits per heavy atom. The predicted molar refractivity (Wildman–Crippen MR) is 62.5 cm³/mol. The van der Waals surface area contributed by atoms with Gasteiger partial charge in [0.15, 0.2) is 0 Å². The predicted octanol–water partition coefficient (Wildman–Crippen LogP) is 1.65. The van der Waals surface area contributed by atoms with Crippen molar-refractivity contribution in [2.45, 2.75) is 45.1 Å². The lowest BCUT2D eigenvalue weighted by Crippen LogP contribution is -2.54. The van der Waals surface area contributed by atoms with Gasteiger partial charge in [0.1, 0.15) is 5.54 Å². The van der Waals surface area contributed by atoms with E-state index in [9.17, 15) is 9.90 Å². The lowest BCUT2D eigenvalue weighted by atomic mass is 9.77. The van der Waals surface area contributed by atoms with Gasteiger partial charge < -0.3 is 9.84 Å². The zero-order chi connectivity index (χ0) is 12.0. The first-order chi connectivity index (χ1) is 7.60. The maximum atomic E-state index is 11.3. The Morgan fingerprint density at radius 2 is 2.12 bits per heavy atom. The van der Waals surface area contributed by atoms with Gasteiger partial charge in [-0.15, -0.1) is 0 Å². The number of carbonyl (C=O) groups is 1. The highest BCUT2D eigenvalue weighted by molar-refractivity contribution is 5.78. The Bertz CT molecular complexity index is 222. The number of ether oxygens (including phenoxy) is 1. The van der Waals surface area contributed by atoms with Crippen LogP contribution in [0, 0.1) is 5.92 Å². The van der Waals surface area contributed by atoms with Crippen molar-refractivity contribution in [2.75, 3.05) is 19.8 Å². The molecule has 0 unspecified atom stereocenters. The number of aliphatic carboxylic acids is 1. The summed E-state index contributed by atoms with van der Waals surface area (Å²) in [6, 6.07) is 0. The SMILES string of the molecule is CCOCCNC1(C(=O)O)CCC(C)CC1. The zero-order valence-corrected chi connectivity index (χ0v) is 10.3. The van der Waals surface area contributed by atoms with Crippen LogP contribution in [-0.4, -0.2) is 36.4 Å². The molecule has 0 aliphatic heterocycles. The number of rotatable bonds is 6. The second-order valence-corrected chi connectivity index (χ2v) is 4.69. The molecule has 1 aliphatic carbocycles. The molecule has 4 heteroatoms. The van der Waals surface area contributed by atoms with Crippen molar-refractivity contribution in [1.82, 2.24) is 5.32 Å². The molecule has 1 saturated carbocycles. The topological polar surface area (TPSA) is 58.6 Å². The Balaban J connectivity index is 2.43. The largest absolute Gasteiger partial charge is 0.480 e. The molecule has 0 saturated heterocycles. The molecule has 94 valence electrons. The van der Waals surface area contributed by atoms with Crippen LogP contribution >= 0.6 is 0 Å². The maximum absolute atomic E-state index is 11.3. The highest BCUT2D eigenvalue weighted by atomic mass is 16.5. The molecule has 0 heterocycles. The van der Waals surface area contributed by atoms with Crippen molar-refractivity contribution in [3.05, 3.63) is 0 Å². The van der Waals surface area contributed by atoms with Crippen molar-refractivity contribution in [1.29, 1.82) is 0 Å². The summed E-state index contributed by atoms with van der Waals surface area (Å²) in [6.45, 7) is 6.01. The van der Waals surface area contributed by atoms with Crippen molar-refractivity contribution in [3.8, 4) is 0 Å². The first kappa shape index (κ1) is 13.5. The van der Waals surface area contributed by atoms with E-state index in [0.717, 1.165) is 25.7 Å². The second-order valence-electron chi connectivity index (χ2n) is 4.69. The number of hydrogen-bond acceptors (Lipinski definition) is 3. The monoisotopic (exact) mass is 229 g/mol. The minimum atomic E-state index is -0.712. The Morgan fingerprint density at radius 3 is 2.62 bits per heavy atom. The van der Waals surface area contributed by atoms with Gasteiger partial charge in [0.05, 0.1) is 6.61 Å². The fourth-order valence-electron chi connectivity index (χ4n) is 2.23. The van der Waals surface area contributed by atoms with E-state index in [4.69, 9.17) is 4.74 Å². The van der Waals surface area contributed by atoms with Crippen molar-refractivity contribution >= 4 is 5.97 Å². The summed E-state index contributed by atoms with van der Waals surface area (Å²) in [5.74, 6) is -0.0583. The van der Waals surface area contributed by atoms with Crippen molar-refractivity contribution in [2.24, 2.45) is 5.92 Å². The van der Waals surface area contributed by atoms with Crippen LogP contribution in [-0.2, 0) is 9.53 Å². The minimum absolute atomic E-state index is 0.584. The lowest BCUT2D eigenvalue weighted by Gasteiger charge is -2.36. The van der Waals surface area contributed by atoms with Gasteiger partial charge in [-0.25, -0.2) is 0 Å². The van der Waals surface area contributed by atoms with E-state index in [-0.39, 0.29) is 0 Å². The van der Waals surface area contributed by atoms with Crippen LogP contribution in [0.25, 0.3) is 0 Å². The number of nitrogens with one attached hydrogen (secondary N) is 1. The molecule has 1 fully saturated rings. The minimum Gasteiger partial charge on any atom is -0.480 e. The third-order valence-corrected chi connectivity index (χ3v) is 3.45. The molecule has 0 aromatic carbocycles. The summed E-state index contributed by atoms with van der Waals surface area (Å²) in [7, 11) is 0. The van der Waals surface area contributed by atoms with Crippen LogP contribution < -0.4 is 5.32 Å². The van der Waals surface area contributed by atoms with Crippen LogP contribution in [0.15, 0.2) is 0 Å². The average molecular weight is 229 g/mol. The van der Waals surface area contributed by atoms with Crippen molar-refractivity contribution < 1.29 is 14.6 Å². The molecule has 0 spiro atoms. The van der Waals surface area contributed by atoms with Gasteiger partial charge in [-0.3, -0.25) is 10.1 Å². The van der Waals surface area contributed by atoms with Crippen LogP contribution in [0.1, 0.15) is 39.5 Å². The third kappa shape index (κ3) is 3.46. The standard InChI is InChI=1S/C12H23NO3/c1-3-16-9-8-13-12(11(14)15)6-4-10(2)5-7-12/h10,13H,3-9H2,1-2H3,(H,14,15). The van der Waals surface area contributed by atoms with Crippen LogP contribution in [0.5, 0.6) is 0 Å². The summed E-state index contributed by atoms with van der Waals surface area (Å²) in [4.78, 5) is 11.3. The maximum Gasteiger partial charge on any atom is 0.323 e. The van der Waals surface area contributed by atoms with Gasteiger partial charge in [-0.05, 0) is 38.5 Å². The molecule has 0 atom stereocenters. The quantitative estimate of drug-likeness (QED) is 0.680. The van der Waals surface area contributed by atoms with E-state index in [2.05, 4.69) is 12.2 Å². The van der Waals surface area contributed by atoms with E-state index in [1.54, 1.807) is 0 Å². The number of carboxylic acid groups (broad SMARTS) is 1. The van der Waals surface area contributed by atoms with Crippen LogP contribution in [0.4, 0.5) is 0 Å². The fraction of sp³-hybridized carbons (Fsp3) is 0.917. The van der Waals surface area contributed by atoms with Gasteiger partial charge in [-0.2, -0.15) is 0 Å². The summed E-state index contributed by atoms with van der Waals surface area (Å²) in [5, 5.41) is 12.5. The van der Waals surface area contributed by atoms with E-state index >= 15 is 0 Å². The van der Waals surface area contributed by atoms with Gasteiger partial charge in [0.25, 0.3) is 0 Å². The fourth-order valence-corrected chi connectivity index (χ4v) is 2.23. The van der Waals surface area contributed by atoms with E-state index in [0.29, 0.717) is 25.7 Å². The Hall–Kier alpha value is -0.610. The molecule has 0 amide bonds. The van der Waals surface area contributed by atoms with E-state index in [1.165, 1.54) is 0 Å². The molecule has 4 nitrogen and oxygen atoms in total. The summed E-state index contributed by atoms with van der Waals surface area (Å²) >= 11 is 0. The first-order valence-electron chi connectivity index (χ1n) is 6.17. The van der Waals surface area contributed by atoms with Gasteiger partial charge in [0, 0.05) is 13.2 Å². The highest BCUT2D eigenvalue weighted by Gasteiger charge is 2.40. The highest BCUT2D eigenvalue weighted by Crippen LogP contribution is 2.31. The van der Waals surface area contributed by atoms with E-state index in [1.807, 2.05) is 6.92 Å². The van der Waals surface area contributed by atoms with Crippen molar-refractivity contribution in [3.63, 3.8) is 0 Å². The molecule has 2 N–H and O–H groups in total. The number of hydrogen-bond donors (Lipinski definition) is 2. The molecule has 0 aromatic heterocycles. The number of carboxylic acids is 1. The second kappa shape index (κ2) is 6.21. The lowest BCUT2D eigenvalue weighted by molar-refractivity contribution is -0.146.